The number of ether oxygens (including phenoxy) is 2. The van der Waals surface area contributed by atoms with Crippen LogP contribution in [-0.4, -0.2) is 25.2 Å². The molecule has 0 amide bonds. The number of esters is 1. The molecule has 0 saturated heterocycles. The van der Waals surface area contributed by atoms with E-state index in [-0.39, 0.29) is 0 Å². The Morgan fingerprint density at radius 3 is 2.50 bits per heavy atom. The van der Waals surface area contributed by atoms with Crippen molar-refractivity contribution < 1.29 is 27.4 Å². The molecule has 16 heavy (non-hydrogen) atoms. The highest BCUT2D eigenvalue weighted by molar-refractivity contribution is 5.92. The SMILES string of the molecule is COC(=O)c1c(F)cc(C(F)F)nc1OC. The minimum Gasteiger partial charge on any atom is -0.480 e. The molecule has 0 atom stereocenters. The smallest absolute Gasteiger partial charge is 0.346 e. The number of aromatic nitrogens is 1. The molecular formula is C9H8F3NO3. The molecular weight excluding hydrogens is 227 g/mol. The summed E-state index contributed by atoms with van der Waals surface area (Å²) in [4.78, 5) is 14.4. The third-order valence-corrected chi connectivity index (χ3v) is 1.76. The number of nitrogens with zero attached hydrogens (tertiary/aromatic N) is 1. The molecule has 1 heterocycles. The zero-order valence-electron chi connectivity index (χ0n) is 8.46. The highest BCUT2D eigenvalue weighted by Crippen LogP contribution is 2.25. The minimum atomic E-state index is -2.95. The summed E-state index contributed by atoms with van der Waals surface area (Å²) in [5.41, 5.74) is -1.41. The van der Waals surface area contributed by atoms with E-state index in [0.717, 1.165) is 14.2 Å². The van der Waals surface area contributed by atoms with Gasteiger partial charge in [-0.2, -0.15) is 0 Å². The van der Waals surface area contributed by atoms with Crippen molar-refractivity contribution in [1.82, 2.24) is 4.98 Å². The van der Waals surface area contributed by atoms with E-state index < -0.39 is 35.3 Å². The summed E-state index contributed by atoms with van der Waals surface area (Å²) in [7, 11) is 2.12. The van der Waals surface area contributed by atoms with Crippen LogP contribution in [-0.2, 0) is 4.74 Å². The molecule has 1 rings (SSSR count). The van der Waals surface area contributed by atoms with Gasteiger partial charge >= 0.3 is 5.97 Å². The van der Waals surface area contributed by atoms with Gasteiger partial charge < -0.3 is 9.47 Å². The number of hydrogen-bond acceptors (Lipinski definition) is 4. The van der Waals surface area contributed by atoms with Crippen LogP contribution in [0.1, 0.15) is 22.5 Å². The molecule has 0 aliphatic heterocycles. The Morgan fingerprint density at radius 2 is 2.06 bits per heavy atom. The van der Waals surface area contributed by atoms with Gasteiger partial charge in [0.1, 0.15) is 11.5 Å². The van der Waals surface area contributed by atoms with Gasteiger partial charge in [-0.25, -0.2) is 22.9 Å². The van der Waals surface area contributed by atoms with Crippen molar-refractivity contribution in [2.75, 3.05) is 14.2 Å². The molecule has 4 nitrogen and oxygen atoms in total. The normalized spacial score (nSPS) is 10.4. The monoisotopic (exact) mass is 235 g/mol. The van der Waals surface area contributed by atoms with E-state index in [2.05, 4.69) is 14.5 Å². The first kappa shape index (κ1) is 12.3. The first-order chi connectivity index (χ1) is 7.51. The Hall–Kier alpha value is -1.79. The molecule has 0 saturated carbocycles. The first-order valence-corrected chi connectivity index (χ1v) is 4.12. The van der Waals surface area contributed by atoms with Gasteiger partial charge in [0.2, 0.25) is 5.88 Å². The fourth-order valence-electron chi connectivity index (χ4n) is 1.06. The van der Waals surface area contributed by atoms with Gasteiger partial charge in [-0.15, -0.1) is 0 Å². The Balaban J connectivity index is 3.34. The second-order valence-electron chi connectivity index (χ2n) is 2.71. The second-order valence-corrected chi connectivity index (χ2v) is 2.71. The maximum atomic E-state index is 13.3. The molecule has 0 radical (unpaired) electrons. The number of rotatable bonds is 3. The molecule has 0 aliphatic carbocycles. The number of carbonyl (C=O) groups excluding carboxylic acids is 1. The van der Waals surface area contributed by atoms with Crippen molar-refractivity contribution in [1.29, 1.82) is 0 Å². The lowest BCUT2D eigenvalue weighted by Crippen LogP contribution is -2.10. The van der Waals surface area contributed by atoms with E-state index >= 15 is 0 Å². The molecule has 1 aromatic rings. The second kappa shape index (κ2) is 4.82. The highest BCUT2D eigenvalue weighted by atomic mass is 19.3. The summed E-state index contributed by atoms with van der Waals surface area (Å²) < 4.78 is 46.7. The van der Waals surface area contributed by atoms with Crippen LogP contribution in [0.4, 0.5) is 13.2 Å². The summed E-state index contributed by atoms with van der Waals surface area (Å²) in [6.45, 7) is 0. The average Bonchev–Trinajstić information content (AvgIpc) is 2.26. The summed E-state index contributed by atoms with van der Waals surface area (Å²) in [6.07, 6.45) is -2.95. The Morgan fingerprint density at radius 1 is 1.44 bits per heavy atom. The molecule has 7 heteroatoms. The van der Waals surface area contributed by atoms with Crippen molar-refractivity contribution in [2.45, 2.75) is 6.43 Å². The largest absolute Gasteiger partial charge is 0.480 e. The van der Waals surface area contributed by atoms with Crippen LogP contribution in [0.2, 0.25) is 0 Å². The van der Waals surface area contributed by atoms with Crippen LogP contribution in [0.5, 0.6) is 5.88 Å². The molecule has 0 unspecified atom stereocenters. The lowest BCUT2D eigenvalue weighted by molar-refractivity contribution is 0.0589. The predicted octanol–water partition coefficient (Wildman–Crippen LogP) is 1.95. The Bertz CT molecular complexity index is 409. The Kier molecular flexibility index (Phi) is 3.70. The Labute approximate surface area is 89.0 Å². The van der Waals surface area contributed by atoms with Gasteiger partial charge in [0.25, 0.3) is 6.43 Å². The lowest BCUT2D eigenvalue weighted by atomic mass is 10.2. The maximum absolute atomic E-state index is 13.3. The van der Waals surface area contributed by atoms with Gasteiger partial charge in [-0.1, -0.05) is 0 Å². The van der Waals surface area contributed by atoms with Gasteiger partial charge in [0.15, 0.2) is 5.56 Å². The minimum absolute atomic E-state index is 0.472. The van der Waals surface area contributed by atoms with Crippen LogP contribution < -0.4 is 4.74 Å². The third-order valence-electron chi connectivity index (χ3n) is 1.76. The van der Waals surface area contributed by atoms with E-state index in [1.165, 1.54) is 0 Å². The van der Waals surface area contributed by atoms with Crippen molar-refractivity contribution >= 4 is 5.97 Å². The van der Waals surface area contributed by atoms with Crippen molar-refractivity contribution in [3.8, 4) is 5.88 Å². The maximum Gasteiger partial charge on any atom is 0.346 e. The first-order valence-electron chi connectivity index (χ1n) is 4.12. The van der Waals surface area contributed by atoms with Gasteiger partial charge in [0, 0.05) is 6.07 Å². The number of methoxy groups -OCH3 is 2. The zero-order chi connectivity index (χ0) is 12.3. The molecule has 0 aromatic carbocycles. The molecule has 0 N–H and O–H groups in total. The average molecular weight is 235 g/mol. The van der Waals surface area contributed by atoms with Crippen LogP contribution in [0.15, 0.2) is 6.07 Å². The molecule has 0 bridgehead atoms. The standard InChI is InChI=1S/C9H8F3NO3/c1-15-8-6(9(14)16-2)4(10)3-5(13-8)7(11)12/h3,7H,1-2H3. The van der Waals surface area contributed by atoms with E-state index in [1.54, 1.807) is 0 Å². The number of carbonyl (C=O) groups is 1. The molecule has 0 spiro atoms. The van der Waals surface area contributed by atoms with Gasteiger partial charge in [-0.3, -0.25) is 0 Å². The summed E-state index contributed by atoms with van der Waals surface area (Å²) in [5, 5.41) is 0. The number of halogens is 3. The molecule has 1 aromatic heterocycles. The van der Waals surface area contributed by atoms with Crippen LogP contribution in [0.25, 0.3) is 0 Å². The van der Waals surface area contributed by atoms with E-state index in [9.17, 15) is 18.0 Å². The van der Waals surface area contributed by atoms with E-state index in [1.807, 2.05) is 0 Å². The van der Waals surface area contributed by atoms with Gasteiger partial charge in [-0.05, 0) is 0 Å². The predicted molar refractivity (Wildman–Crippen MR) is 47.0 cm³/mol. The molecule has 0 aliphatic rings. The van der Waals surface area contributed by atoms with Gasteiger partial charge in [0.05, 0.1) is 14.2 Å². The highest BCUT2D eigenvalue weighted by Gasteiger charge is 2.23. The summed E-state index contributed by atoms with van der Waals surface area (Å²) in [5.74, 6) is -2.72. The number of hydrogen-bond donors (Lipinski definition) is 0. The fraction of sp³-hybridized carbons (Fsp3) is 0.333. The molecule has 88 valence electrons. The molecule has 0 fully saturated rings. The van der Waals surface area contributed by atoms with Crippen LogP contribution >= 0.6 is 0 Å². The zero-order valence-corrected chi connectivity index (χ0v) is 8.46. The van der Waals surface area contributed by atoms with E-state index in [0.29, 0.717) is 6.07 Å². The number of pyridine rings is 1. The summed E-state index contributed by atoms with van der Waals surface area (Å²) >= 11 is 0. The van der Waals surface area contributed by atoms with Crippen molar-refractivity contribution in [3.63, 3.8) is 0 Å². The lowest BCUT2D eigenvalue weighted by Gasteiger charge is -2.08. The van der Waals surface area contributed by atoms with Crippen molar-refractivity contribution in [2.24, 2.45) is 0 Å². The van der Waals surface area contributed by atoms with Crippen LogP contribution in [0.3, 0.4) is 0 Å². The number of alkyl halides is 2. The summed E-state index contributed by atoms with van der Waals surface area (Å²) in [6, 6.07) is 0.472. The fourth-order valence-corrected chi connectivity index (χ4v) is 1.06. The third kappa shape index (κ3) is 2.23. The van der Waals surface area contributed by atoms with E-state index in [4.69, 9.17) is 0 Å². The quantitative estimate of drug-likeness (QED) is 0.751. The van der Waals surface area contributed by atoms with Crippen molar-refractivity contribution in [3.05, 3.63) is 23.1 Å². The topological polar surface area (TPSA) is 48.4 Å². The van der Waals surface area contributed by atoms with Crippen LogP contribution in [0, 0.1) is 5.82 Å².